The zero-order valence-corrected chi connectivity index (χ0v) is 25.3. The maximum Gasteiger partial charge on any atom is 0.230 e. The van der Waals surface area contributed by atoms with E-state index in [2.05, 4.69) is 27.3 Å². The first-order chi connectivity index (χ1) is 22.1. The Kier molecular flexibility index (Phi) is 11.7. The van der Waals surface area contributed by atoms with Crippen molar-refractivity contribution >= 4 is 11.6 Å². The molecular formula is C38H39N3O4. The number of amides is 1. The van der Waals surface area contributed by atoms with Crippen LogP contribution in [0.2, 0.25) is 0 Å². The fraction of sp³-hybridized carbons (Fsp3) is 0.211. The second kappa shape index (κ2) is 16.8. The normalized spacial score (nSPS) is 11.6. The van der Waals surface area contributed by atoms with Gasteiger partial charge in [-0.2, -0.15) is 0 Å². The van der Waals surface area contributed by atoms with Crippen LogP contribution in [0.1, 0.15) is 22.4 Å². The van der Waals surface area contributed by atoms with E-state index in [0.29, 0.717) is 25.4 Å². The number of aliphatic hydroxyl groups excluding tert-OH is 1. The van der Waals surface area contributed by atoms with Gasteiger partial charge in [0.2, 0.25) is 5.91 Å². The first-order valence-corrected chi connectivity index (χ1v) is 15.2. The molecule has 4 aromatic carbocycles. The standard InChI is InChI=1S/C38H39N3O4/c42-35(29-45-37-20-18-36(19-21-37)44-28-32-11-5-2-6-12-32)27-41(26-31-9-3-1-4-10-31)24-22-30-14-16-33(17-15-30)40-38(43)25-34-13-7-8-23-39-34/h1-21,23,35,42H,22,24-29H2,(H,40,43)/t35-/m0/s1. The lowest BCUT2D eigenvalue weighted by atomic mass is 10.1. The maximum absolute atomic E-state index is 12.4. The molecule has 5 rings (SSSR count). The molecular weight excluding hydrogens is 562 g/mol. The van der Waals surface area contributed by atoms with Gasteiger partial charge >= 0.3 is 0 Å². The van der Waals surface area contributed by atoms with Gasteiger partial charge in [-0.05, 0) is 71.6 Å². The van der Waals surface area contributed by atoms with Crippen LogP contribution in [0.15, 0.2) is 134 Å². The number of nitrogens with zero attached hydrogens (tertiary/aromatic N) is 2. The lowest BCUT2D eigenvalue weighted by Crippen LogP contribution is -2.36. The number of hydrogen-bond donors (Lipinski definition) is 2. The van der Waals surface area contributed by atoms with E-state index in [9.17, 15) is 9.90 Å². The van der Waals surface area contributed by atoms with Gasteiger partial charge in [0.1, 0.15) is 30.8 Å². The Morgan fingerprint density at radius 3 is 2.04 bits per heavy atom. The number of benzene rings is 4. The highest BCUT2D eigenvalue weighted by molar-refractivity contribution is 5.92. The number of hydrogen-bond acceptors (Lipinski definition) is 6. The highest BCUT2D eigenvalue weighted by Gasteiger charge is 2.14. The number of aromatic nitrogens is 1. The Balaban J connectivity index is 1.10. The number of ether oxygens (including phenoxy) is 2. The average Bonchev–Trinajstić information content (AvgIpc) is 3.08. The third kappa shape index (κ3) is 10.9. The Labute approximate surface area is 265 Å². The van der Waals surface area contributed by atoms with Gasteiger partial charge < -0.3 is 19.9 Å². The zero-order chi connectivity index (χ0) is 31.1. The summed E-state index contributed by atoms with van der Waals surface area (Å²) < 4.78 is 11.8. The monoisotopic (exact) mass is 601 g/mol. The van der Waals surface area contributed by atoms with Crippen LogP contribution in [0.5, 0.6) is 11.5 Å². The van der Waals surface area contributed by atoms with Crippen LogP contribution in [0, 0.1) is 0 Å². The fourth-order valence-electron chi connectivity index (χ4n) is 4.91. The predicted octanol–water partition coefficient (Wildman–Crippen LogP) is 6.33. The molecule has 1 amide bonds. The number of rotatable bonds is 16. The van der Waals surface area contributed by atoms with Crippen molar-refractivity contribution in [3.8, 4) is 11.5 Å². The van der Waals surface area contributed by atoms with Crippen LogP contribution in [-0.2, 0) is 30.8 Å². The number of nitrogens with one attached hydrogen (secondary N) is 1. The van der Waals surface area contributed by atoms with E-state index in [1.165, 1.54) is 5.56 Å². The van der Waals surface area contributed by atoms with Crippen LogP contribution in [0.4, 0.5) is 5.69 Å². The predicted molar refractivity (Wildman–Crippen MR) is 177 cm³/mol. The SMILES string of the molecule is O=C(Cc1ccccn1)Nc1ccc(CCN(Cc2ccccc2)C[C@H](O)COc2ccc(OCc3ccccc3)cc2)cc1. The average molecular weight is 602 g/mol. The van der Waals surface area contributed by atoms with E-state index in [1.807, 2.05) is 115 Å². The van der Waals surface area contributed by atoms with Gasteiger partial charge in [0.05, 0.1) is 6.42 Å². The molecule has 0 fully saturated rings. The zero-order valence-electron chi connectivity index (χ0n) is 25.3. The highest BCUT2D eigenvalue weighted by Crippen LogP contribution is 2.19. The molecule has 0 unspecified atom stereocenters. The lowest BCUT2D eigenvalue weighted by molar-refractivity contribution is -0.115. The van der Waals surface area contributed by atoms with Crippen molar-refractivity contribution in [3.05, 3.63) is 156 Å². The summed E-state index contributed by atoms with van der Waals surface area (Å²) in [6, 6.07) is 41.2. The number of aliphatic hydroxyl groups is 1. The molecule has 7 nitrogen and oxygen atoms in total. The van der Waals surface area contributed by atoms with E-state index in [1.54, 1.807) is 6.20 Å². The van der Waals surface area contributed by atoms with Crippen molar-refractivity contribution in [2.24, 2.45) is 0 Å². The largest absolute Gasteiger partial charge is 0.491 e. The molecule has 1 atom stereocenters. The van der Waals surface area contributed by atoms with E-state index in [4.69, 9.17) is 9.47 Å². The number of pyridine rings is 1. The summed E-state index contributed by atoms with van der Waals surface area (Å²) in [4.78, 5) is 18.9. The molecule has 5 aromatic rings. The van der Waals surface area contributed by atoms with Gasteiger partial charge in [0.15, 0.2) is 0 Å². The molecule has 0 saturated heterocycles. The van der Waals surface area contributed by atoms with Crippen molar-refractivity contribution in [1.29, 1.82) is 0 Å². The fourth-order valence-corrected chi connectivity index (χ4v) is 4.91. The van der Waals surface area contributed by atoms with E-state index in [0.717, 1.165) is 41.2 Å². The summed E-state index contributed by atoms with van der Waals surface area (Å²) in [7, 11) is 0. The molecule has 0 bridgehead atoms. The minimum Gasteiger partial charge on any atom is -0.491 e. The minimum atomic E-state index is -0.667. The van der Waals surface area contributed by atoms with Crippen molar-refractivity contribution < 1.29 is 19.4 Å². The molecule has 0 radical (unpaired) electrons. The molecule has 1 heterocycles. The Morgan fingerprint density at radius 1 is 0.733 bits per heavy atom. The van der Waals surface area contributed by atoms with Gasteiger partial charge in [-0.25, -0.2) is 0 Å². The molecule has 45 heavy (non-hydrogen) atoms. The van der Waals surface area contributed by atoms with Gasteiger partial charge in [-0.3, -0.25) is 14.7 Å². The van der Waals surface area contributed by atoms with Crippen LogP contribution in [-0.4, -0.2) is 46.7 Å². The first-order valence-electron chi connectivity index (χ1n) is 15.2. The van der Waals surface area contributed by atoms with Gasteiger partial charge in [-0.15, -0.1) is 0 Å². The van der Waals surface area contributed by atoms with Gasteiger partial charge in [-0.1, -0.05) is 78.9 Å². The van der Waals surface area contributed by atoms with Crippen molar-refractivity contribution in [2.45, 2.75) is 32.1 Å². The summed E-state index contributed by atoms with van der Waals surface area (Å²) in [6.45, 7) is 2.62. The summed E-state index contributed by atoms with van der Waals surface area (Å²) in [5.41, 5.74) is 4.93. The molecule has 230 valence electrons. The van der Waals surface area contributed by atoms with Crippen LogP contribution < -0.4 is 14.8 Å². The molecule has 2 N–H and O–H groups in total. The van der Waals surface area contributed by atoms with Gasteiger partial charge in [0, 0.05) is 37.2 Å². The summed E-state index contributed by atoms with van der Waals surface area (Å²) in [6.07, 6.45) is 2.05. The van der Waals surface area contributed by atoms with Crippen LogP contribution in [0.3, 0.4) is 0 Å². The van der Waals surface area contributed by atoms with Crippen LogP contribution in [0.25, 0.3) is 0 Å². The lowest BCUT2D eigenvalue weighted by Gasteiger charge is -2.25. The Bertz CT molecular complexity index is 1570. The van der Waals surface area contributed by atoms with Gasteiger partial charge in [0.25, 0.3) is 0 Å². The smallest absolute Gasteiger partial charge is 0.230 e. The molecule has 0 spiro atoms. The van der Waals surface area contributed by atoms with Crippen molar-refractivity contribution in [3.63, 3.8) is 0 Å². The third-order valence-corrected chi connectivity index (χ3v) is 7.25. The molecule has 7 heteroatoms. The Morgan fingerprint density at radius 2 is 1.38 bits per heavy atom. The molecule has 0 aliphatic rings. The minimum absolute atomic E-state index is 0.0981. The summed E-state index contributed by atoms with van der Waals surface area (Å²) >= 11 is 0. The van der Waals surface area contributed by atoms with E-state index < -0.39 is 6.10 Å². The second-order valence-electron chi connectivity index (χ2n) is 10.9. The molecule has 1 aromatic heterocycles. The van der Waals surface area contributed by atoms with E-state index in [-0.39, 0.29) is 18.9 Å². The highest BCUT2D eigenvalue weighted by atomic mass is 16.5. The second-order valence-corrected chi connectivity index (χ2v) is 10.9. The quantitative estimate of drug-likeness (QED) is 0.138. The molecule has 0 aliphatic carbocycles. The Hall–Kier alpha value is -4.98. The number of carbonyl (C=O) groups is 1. The maximum atomic E-state index is 12.4. The topological polar surface area (TPSA) is 83.9 Å². The van der Waals surface area contributed by atoms with Crippen molar-refractivity contribution in [2.75, 3.05) is 25.0 Å². The molecule has 0 saturated carbocycles. The summed E-state index contributed by atoms with van der Waals surface area (Å²) in [5.74, 6) is 1.35. The van der Waals surface area contributed by atoms with Crippen LogP contribution >= 0.6 is 0 Å². The van der Waals surface area contributed by atoms with E-state index >= 15 is 0 Å². The number of carbonyl (C=O) groups excluding carboxylic acids is 1. The summed E-state index contributed by atoms with van der Waals surface area (Å²) in [5, 5.41) is 13.9. The van der Waals surface area contributed by atoms with Crippen molar-refractivity contribution in [1.82, 2.24) is 9.88 Å². The molecule has 0 aliphatic heterocycles. The number of anilines is 1. The third-order valence-electron chi connectivity index (χ3n) is 7.25. The first kappa shape index (κ1) is 31.4.